The molecule has 0 aromatic rings. The van der Waals surface area contributed by atoms with Crippen LogP contribution in [0.2, 0.25) is 0 Å². The Morgan fingerprint density at radius 3 is 3.22 bits per heavy atom. The van der Waals surface area contributed by atoms with Crippen LogP contribution in [0.1, 0.15) is 0 Å². The van der Waals surface area contributed by atoms with E-state index >= 15 is 0 Å². The molecule has 0 saturated carbocycles. The first-order chi connectivity index (χ1) is 4.43. The summed E-state index contributed by atoms with van der Waals surface area (Å²) in [5.41, 5.74) is 0. The molecule has 1 heterocycles. The highest BCUT2D eigenvalue weighted by atomic mass is 32.2. The predicted octanol–water partition coefficient (Wildman–Crippen LogP) is 0.338. The lowest BCUT2D eigenvalue weighted by molar-refractivity contribution is 0.0837. The molecule has 1 fully saturated rings. The summed E-state index contributed by atoms with van der Waals surface area (Å²) in [6, 6.07) is 0.591. The molecule has 54 valence electrons. The molecule has 2 nitrogen and oxygen atoms in total. The Morgan fingerprint density at radius 1 is 1.78 bits per heavy atom. The van der Waals surface area contributed by atoms with Gasteiger partial charge in [-0.25, -0.2) is 0 Å². The largest absolute Gasteiger partial charge is 0.378 e. The van der Waals surface area contributed by atoms with E-state index in [1.165, 1.54) is 5.75 Å². The average Bonchev–Trinajstić information content (AvgIpc) is 1.91. The number of hydrogen-bond donors (Lipinski definition) is 1. The van der Waals surface area contributed by atoms with Crippen molar-refractivity contribution in [2.45, 2.75) is 6.04 Å². The summed E-state index contributed by atoms with van der Waals surface area (Å²) >= 11 is 1.87. The van der Waals surface area contributed by atoms with Crippen LogP contribution in [0.15, 0.2) is 0 Å². The van der Waals surface area contributed by atoms with Crippen molar-refractivity contribution in [3.63, 3.8) is 0 Å². The molecule has 1 aliphatic rings. The molecular weight excluding hydrogens is 134 g/mol. The molecule has 9 heavy (non-hydrogen) atoms. The quantitative estimate of drug-likeness (QED) is 0.608. The lowest BCUT2D eigenvalue weighted by atomic mass is 10.3. The van der Waals surface area contributed by atoms with Crippen LogP contribution in [0, 0.1) is 0 Å². The van der Waals surface area contributed by atoms with Crippen LogP contribution in [0.5, 0.6) is 0 Å². The third-order valence-corrected chi connectivity index (χ3v) is 2.10. The topological polar surface area (TPSA) is 21.3 Å². The van der Waals surface area contributed by atoms with E-state index in [1.54, 1.807) is 0 Å². The van der Waals surface area contributed by atoms with Crippen molar-refractivity contribution >= 4 is 11.8 Å². The fraction of sp³-hybridized carbons (Fsp3) is 1.00. The van der Waals surface area contributed by atoms with E-state index in [-0.39, 0.29) is 0 Å². The molecule has 0 aromatic carbocycles. The van der Waals surface area contributed by atoms with Crippen LogP contribution in [0.4, 0.5) is 0 Å². The van der Waals surface area contributed by atoms with Crippen LogP contribution >= 0.6 is 11.8 Å². The van der Waals surface area contributed by atoms with Crippen molar-refractivity contribution in [3.8, 4) is 0 Å². The van der Waals surface area contributed by atoms with Crippen molar-refractivity contribution in [2.24, 2.45) is 0 Å². The molecule has 1 unspecified atom stereocenters. The summed E-state index contributed by atoms with van der Waals surface area (Å²) in [5, 5.41) is 3.37. The van der Waals surface area contributed by atoms with Crippen LogP contribution in [-0.2, 0) is 4.74 Å². The van der Waals surface area contributed by atoms with Crippen molar-refractivity contribution in [3.05, 3.63) is 0 Å². The van der Waals surface area contributed by atoms with E-state index in [0.29, 0.717) is 6.04 Å². The fourth-order valence-electron chi connectivity index (χ4n) is 0.928. The molecule has 1 rings (SSSR count). The van der Waals surface area contributed by atoms with Crippen molar-refractivity contribution < 1.29 is 4.74 Å². The first-order valence-corrected chi connectivity index (χ1v) is 4.63. The van der Waals surface area contributed by atoms with E-state index in [1.807, 2.05) is 11.8 Å². The van der Waals surface area contributed by atoms with Gasteiger partial charge >= 0.3 is 0 Å². The second kappa shape index (κ2) is 4.14. The summed E-state index contributed by atoms with van der Waals surface area (Å²) < 4.78 is 5.26. The second-order valence-corrected chi connectivity index (χ2v) is 3.09. The molecule has 0 bridgehead atoms. The first kappa shape index (κ1) is 7.38. The minimum atomic E-state index is 0.591. The molecule has 0 aromatic heterocycles. The monoisotopic (exact) mass is 147 g/mol. The van der Waals surface area contributed by atoms with Gasteiger partial charge in [-0.1, -0.05) is 0 Å². The molecule has 1 N–H and O–H groups in total. The van der Waals surface area contributed by atoms with E-state index in [9.17, 15) is 0 Å². The van der Waals surface area contributed by atoms with Gasteiger partial charge in [0.2, 0.25) is 0 Å². The normalized spacial score (nSPS) is 28.3. The average molecular weight is 147 g/mol. The Bertz CT molecular complexity index is 70.7. The van der Waals surface area contributed by atoms with E-state index in [2.05, 4.69) is 11.6 Å². The number of nitrogens with one attached hydrogen (secondary N) is 1. The number of hydrogen-bond acceptors (Lipinski definition) is 3. The van der Waals surface area contributed by atoms with Gasteiger partial charge in [0.25, 0.3) is 0 Å². The molecule has 0 spiro atoms. The Balaban J connectivity index is 2.08. The van der Waals surface area contributed by atoms with Gasteiger partial charge in [-0.3, -0.25) is 0 Å². The summed E-state index contributed by atoms with van der Waals surface area (Å²) in [6.07, 6.45) is 2.12. The molecule has 1 saturated heterocycles. The number of morpholine rings is 1. The molecule has 0 aliphatic carbocycles. The van der Waals surface area contributed by atoms with Gasteiger partial charge < -0.3 is 10.1 Å². The van der Waals surface area contributed by atoms with E-state index < -0.39 is 0 Å². The Morgan fingerprint density at radius 2 is 2.67 bits per heavy atom. The summed E-state index contributed by atoms with van der Waals surface area (Å²) in [6.45, 7) is 2.79. The highest BCUT2D eigenvalue weighted by molar-refractivity contribution is 7.98. The third-order valence-electron chi connectivity index (χ3n) is 1.37. The van der Waals surface area contributed by atoms with E-state index in [4.69, 9.17) is 4.74 Å². The highest BCUT2D eigenvalue weighted by Crippen LogP contribution is 2.00. The summed E-state index contributed by atoms with van der Waals surface area (Å²) in [5.74, 6) is 1.17. The van der Waals surface area contributed by atoms with Gasteiger partial charge in [0.1, 0.15) is 0 Å². The zero-order valence-corrected chi connectivity index (χ0v) is 6.54. The highest BCUT2D eigenvalue weighted by Gasteiger charge is 2.10. The lowest BCUT2D eigenvalue weighted by Gasteiger charge is -2.22. The lowest BCUT2D eigenvalue weighted by Crippen LogP contribution is -2.42. The first-order valence-electron chi connectivity index (χ1n) is 3.23. The second-order valence-electron chi connectivity index (χ2n) is 2.18. The number of rotatable bonds is 2. The van der Waals surface area contributed by atoms with Crippen LogP contribution < -0.4 is 5.32 Å². The van der Waals surface area contributed by atoms with E-state index in [0.717, 1.165) is 19.8 Å². The van der Waals surface area contributed by atoms with Gasteiger partial charge in [0, 0.05) is 18.3 Å². The predicted molar refractivity (Wildman–Crippen MR) is 41.0 cm³/mol. The fourth-order valence-corrected chi connectivity index (χ4v) is 1.54. The Hall–Kier alpha value is 0.270. The summed E-state index contributed by atoms with van der Waals surface area (Å²) in [7, 11) is 0. The molecule has 1 aliphatic heterocycles. The van der Waals surface area contributed by atoms with Gasteiger partial charge in [0.15, 0.2) is 0 Å². The number of ether oxygens (including phenoxy) is 1. The van der Waals surface area contributed by atoms with Crippen molar-refractivity contribution in [1.29, 1.82) is 0 Å². The maximum Gasteiger partial charge on any atom is 0.0628 e. The van der Waals surface area contributed by atoms with Gasteiger partial charge in [0.05, 0.1) is 13.2 Å². The molecule has 1 atom stereocenters. The van der Waals surface area contributed by atoms with Crippen molar-refractivity contribution in [1.82, 2.24) is 5.32 Å². The number of thioether (sulfide) groups is 1. The SMILES string of the molecule is CSCC1COCCN1. The third kappa shape index (κ3) is 2.56. The van der Waals surface area contributed by atoms with Gasteiger partial charge in [-0.2, -0.15) is 11.8 Å². The van der Waals surface area contributed by atoms with Crippen LogP contribution in [-0.4, -0.2) is 37.8 Å². The molecule has 3 heteroatoms. The van der Waals surface area contributed by atoms with Gasteiger partial charge in [-0.05, 0) is 6.26 Å². The smallest absolute Gasteiger partial charge is 0.0628 e. The maximum atomic E-state index is 5.26. The Labute approximate surface area is 60.3 Å². The maximum absolute atomic E-state index is 5.26. The van der Waals surface area contributed by atoms with Crippen LogP contribution in [0.25, 0.3) is 0 Å². The zero-order chi connectivity index (χ0) is 6.53. The minimum absolute atomic E-state index is 0.591. The zero-order valence-electron chi connectivity index (χ0n) is 5.72. The molecule has 0 radical (unpaired) electrons. The van der Waals surface area contributed by atoms with Gasteiger partial charge in [-0.15, -0.1) is 0 Å². The minimum Gasteiger partial charge on any atom is -0.378 e. The standard InChI is InChI=1S/C6H13NOS/c1-9-5-6-4-8-3-2-7-6/h6-7H,2-5H2,1H3. The molecule has 0 amide bonds. The Kier molecular flexibility index (Phi) is 3.40. The molecular formula is C6H13NOS. The van der Waals surface area contributed by atoms with Crippen LogP contribution in [0.3, 0.4) is 0 Å². The summed E-state index contributed by atoms with van der Waals surface area (Å²) in [4.78, 5) is 0. The van der Waals surface area contributed by atoms with Crippen molar-refractivity contribution in [2.75, 3.05) is 31.8 Å².